The molecule has 64 valence electrons. The summed E-state index contributed by atoms with van der Waals surface area (Å²) >= 11 is 0. The zero-order chi connectivity index (χ0) is 9.44. The van der Waals surface area contributed by atoms with Gasteiger partial charge in [0.1, 0.15) is 6.10 Å². The molecule has 0 aromatic carbocycles. The first-order chi connectivity index (χ1) is 4.91. The van der Waals surface area contributed by atoms with Crippen molar-refractivity contribution in [1.82, 2.24) is 0 Å². The number of carbonyl (C=O) groups is 2. The fourth-order valence-electron chi connectivity index (χ4n) is 0. The van der Waals surface area contributed by atoms with Crippen molar-refractivity contribution in [2.75, 3.05) is 0 Å². The van der Waals surface area contributed by atoms with Crippen LogP contribution in [0.2, 0.25) is 0 Å². The van der Waals surface area contributed by atoms with E-state index in [4.69, 9.17) is 10.2 Å². The van der Waals surface area contributed by atoms with E-state index in [1.54, 1.807) is 0 Å². The van der Waals surface area contributed by atoms with Crippen molar-refractivity contribution in [3.05, 3.63) is 12.7 Å². The van der Waals surface area contributed by atoms with Crippen LogP contribution in [0.25, 0.3) is 0 Å². The Hall–Kier alpha value is -1.36. The zero-order valence-corrected chi connectivity index (χ0v) is 6.15. The summed E-state index contributed by atoms with van der Waals surface area (Å²) in [4.78, 5) is 18.9. The molecule has 4 N–H and O–H groups in total. The molecule has 0 aliphatic rings. The number of rotatable bonds is 2. The number of amides is 1. The number of nitrogens with two attached hydrogens (primary N) is 1. The summed E-state index contributed by atoms with van der Waals surface area (Å²) in [5.41, 5.74) is 4.53. The molecule has 5 heteroatoms. The Morgan fingerprint density at radius 1 is 1.64 bits per heavy atom. The van der Waals surface area contributed by atoms with Crippen LogP contribution in [0, 0.1) is 0 Å². The van der Waals surface area contributed by atoms with Crippen molar-refractivity contribution >= 4 is 11.9 Å². The standard InChI is InChI=1S/C3H5NO.C3H6O3/c1-2-3(4)5;1-2(4)3(5)6/h2H,1H2,(H2,4,5);2,4H,1H3,(H,5,6)/t;2-/m.1/s1. The van der Waals surface area contributed by atoms with Crippen LogP contribution < -0.4 is 5.73 Å². The van der Waals surface area contributed by atoms with Crippen LogP contribution in [0.5, 0.6) is 0 Å². The fraction of sp³-hybridized carbons (Fsp3) is 0.333. The van der Waals surface area contributed by atoms with Crippen LogP contribution in [0.3, 0.4) is 0 Å². The first-order valence-electron chi connectivity index (χ1n) is 2.74. The van der Waals surface area contributed by atoms with E-state index < -0.39 is 18.0 Å². The van der Waals surface area contributed by atoms with Gasteiger partial charge >= 0.3 is 5.97 Å². The lowest BCUT2D eigenvalue weighted by molar-refractivity contribution is -0.145. The van der Waals surface area contributed by atoms with Crippen molar-refractivity contribution in [2.45, 2.75) is 13.0 Å². The van der Waals surface area contributed by atoms with Crippen molar-refractivity contribution < 1.29 is 19.8 Å². The Labute approximate surface area is 64.1 Å². The van der Waals surface area contributed by atoms with Gasteiger partial charge in [-0.05, 0) is 13.0 Å². The number of carboxylic acid groups (broad SMARTS) is 1. The predicted molar refractivity (Wildman–Crippen MR) is 38.7 cm³/mol. The van der Waals surface area contributed by atoms with E-state index in [0.29, 0.717) is 0 Å². The van der Waals surface area contributed by atoms with E-state index in [1.165, 1.54) is 6.92 Å². The van der Waals surface area contributed by atoms with Gasteiger partial charge in [-0.2, -0.15) is 0 Å². The van der Waals surface area contributed by atoms with Gasteiger partial charge in [-0.1, -0.05) is 6.58 Å². The molecule has 0 saturated heterocycles. The molecular formula is C6H11NO4. The molecule has 0 heterocycles. The van der Waals surface area contributed by atoms with Gasteiger partial charge in [0.15, 0.2) is 0 Å². The van der Waals surface area contributed by atoms with Crippen LogP contribution in [0.4, 0.5) is 0 Å². The molecule has 0 aromatic heterocycles. The number of aliphatic hydroxyl groups is 1. The first-order valence-corrected chi connectivity index (χ1v) is 2.74. The van der Waals surface area contributed by atoms with Gasteiger partial charge in [0.2, 0.25) is 5.91 Å². The maximum absolute atomic E-state index is 9.47. The zero-order valence-electron chi connectivity index (χ0n) is 6.15. The van der Waals surface area contributed by atoms with Crippen molar-refractivity contribution in [2.24, 2.45) is 5.73 Å². The lowest BCUT2D eigenvalue weighted by Gasteiger charge is -1.89. The Bertz CT molecular complexity index is 153. The van der Waals surface area contributed by atoms with Crippen LogP contribution in [0.1, 0.15) is 6.92 Å². The van der Waals surface area contributed by atoms with Crippen molar-refractivity contribution in [3.8, 4) is 0 Å². The highest BCUT2D eigenvalue weighted by Crippen LogP contribution is 1.73. The molecule has 11 heavy (non-hydrogen) atoms. The molecule has 0 unspecified atom stereocenters. The molecule has 0 radical (unpaired) electrons. The number of hydrogen-bond acceptors (Lipinski definition) is 3. The molecule has 0 saturated carbocycles. The SMILES string of the molecule is C=CC(N)=O.C[C@@H](O)C(=O)O. The monoisotopic (exact) mass is 161 g/mol. The molecule has 0 rings (SSSR count). The lowest BCUT2D eigenvalue weighted by Crippen LogP contribution is -2.13. The summed E-state index contributed by atoms with van der Waals surface area (Å²) < 4.78 is 0. The van der Waals surface area contributed by atoms with Crippen LogP contribution in [-0.4, -0.2) is 28.2 Å². The van der Waals surface area contributed by atoms with E-state index in [-0.39, 0.29) is 0 Å². The second-order valence-electron chi connectivity index (χ2n) is 1.62. The number of primary amides is 1. The van der Waals surface area contributed by atoms with Crippen LogP contribution in [-0.2, 0) is 9.59 Å². The number of carbonyl (C=O) groups excluding carboxylic acids is 1. The van der Waals surface area contributed by atoms with Gasteiger partial charge in [-0.3, -0.25) is 4.79 Å². The van der Waals surface area contributed by atoms with Crippen molar-refractivity contribution in [1.29, 1.82) is 0 Å². The average Bonchev–Trinajstić information content (AvgIpc) is 1.89. The highest BCUT2D eigenvalue weighted by atomic mass is 16.4. The van der Waals surface area contributed by atoms with Crippen LogP contribution in [0.15, 0.2) is 12.7 Å². The molecule has 0 aliphatic carbocycles. The molecule has 0 aromatic rings. The molecule has 1 amide bonds. The summed E-state index contributed by atoms with van der Waals surface area (Å²) in [7, 11) is 0. The second-order valence-corrected chi connectivity index (χ2v) is 1.62. The minimum Gasteiger partial charge on any atom is -0.479 e. The Balaban J connectivity index is 0. The van der Waals surface area contributed by atoms with Crippen molar-refractivity contribution in [3.63, 3.8) is 0 Å². The fourth-order valence-corrected chi connectivity index (χ4v) is 0. The number of aliphatic carboxylic acids is 1. The molecule has 0 aliphatic heterocycles. The Kier molecular flexibility index (Phi) is 7.57. The summed E-state index contributed by atoms with van der Waals surface area (Å²) in [6, 6.07) is 0. The third-order valence-electron chi connectivity index (χ3n) is 0.559. The molecule has 0 bridgehead atoms. The van der Waals surface area contributed by atoms with E-state index in [2.05, 4.69) is 12.3 Å². The smallest absolute Gasteiger partial charge is 0.332 e. The Morgan fingerprint density at radius 3 is 1.82 bits per heavy atom. The normalized spacial score (nSPS) is 10.4. The average molecular weight is 161 g/mol. The second kappa shape index (κ2) is 6.76. The summed E-state index contributed by atoms with van der Waals surface area (Å²) in [6.07, 6.45) is -0.176. The minimum atomic E-state index is -1.23. The van der Waals surface area contributed by atoms with Gasteiger partial charge in [-0.25, -0.2) is 4.79 Å². The number of hydrogen-bond donors (Lipinski definition) is 3. The number of carboxylic acids is 1. The van der Waals surface area contributed by atoms with E-state index >= 15 is 0 Å². The molecular weight excluding hydrogens is 150 g/mol. The maximum Gasteiger partial charge on any atom is 0.332 e. The highest BCUT2D eigenvalue weighted by Gasteiger charge is 2.01. The first kappa shape index (κ1) is 12.3. The van der Waals surface area contributed by atoms with Crippen LogP contribution >= 0.6 is 0 Å². The minimum absolute atomic E-state index is 0.481. The largest absolute Gasteiger partial charge is 0.479 e. The van der Waals surface area contributed by atoms with Gasteiger partial charge in [0.25, 0.3) is 0 Å². The van der Waals surface area contributed by atoms with E-state index in [1.807, 2.05) is 0 Å². The summed E-state index contributed by atoms with van der Waals surface area (Å²) in [6.45, 7) is 4.28. The van der Waals surface area contributed by atoms with Gasteiger partial charge in [0, 0.05) is 0 Å². The van der Waals surface area contributed by atoms with E-state index in [0.717, 1.165) is 6.08 Å². The molecule has 0 spiro atoms. The highest BCUT2D eigenvalue weighted by molar-refractivity contribution is 5.84. The third kappa shape index (κ3) is 17.7. The van der Waals surface area contributed by atoms with Gasteiger partial charge in [-0.15, -0.1) is 0 Å². The molecule has 0 fully saturated rings. The topological polar surface area (TPSA) is 101 Å². The number of aliphatic hydroxyl groups excluding tert-OH is 1. The predicted octanol–water partition coefficient (Wildman–Crippen LogP) is -0.891. The van der Waals surface area contributed by atoms with Gasteiger partial charge in [0.05, 0.1) is 0 Å². The quantitative estimate of drug-likeness (QED) is 0.457. The molecule has 5 nitrogen and oxygen atoms in total. The van der Waals surface area contributed by atoms with Gasteiger partial charge < -0.3 is 15.9 Å². The maximum atomic E-state index is 9.47. The molecule has 1 atom stereocenters. The summed E-state index contributed by atoms with van der Waals surface area (Å²) in [5.74, 6) is -1.67. The lowest BCUT2D eigenvalue weighted by atomic mass is 10.4. The Morgan fingerprint density at radius 2 is 1.82 bits per heavy atom. The third-order valence-corrected chi connectivity index (χ3v) is 0.559. The van der Waals surface area contributed by atoms with E-state index in [9.17, 15) is 9.59 Å². The summed E-state index contributed by atoms with van der Waals surface area (Å²) in [5, 5.41) is 15.8.